The predicted molar refractivity (Wildman–Crippen MR) is 73.6 cm³/mol. The number of nitrogens with zero attached hydrogens (tertiary/aromatic N) is 1. The van der Waals surface area contributed by atoms with Gasteiger partial charge in [0.25, 0.3) is 0 Å². The first-order valence-corrected chi connectivity index (χ1v) is 6.28. The molecule has 0 atom stereocenters. The molecule has 0 bridgehead atoms. The van der Waals surface area contributed by atoms with E-state index in [0.717, 1.165) is 11.2 Å². The summed E-state index contributed by atoms with van der Waals surface area (Å²) in [5.74, 6) is 0. The molecule has 18 heavy (non-hydrogen) atoms. The maximum atomic E-state index is 5.93. The van der Waals surface area contributed by atoms with Gasteiger partial charge in [0.1, 0.15) is 18.2 Å². The Balaban J connectivity index is 2.40. The summed E-state index contributed by atoms with van der Waals surface area (Å²) in [6, 6.07) is 10.4. The van der Waals surface area contributed by atoms with Crippen molar-refractivity contribution in [1.29, 1.82) is 0 Å². The summed E-state index contributed by atoms with van der Waals surface area (Å²) in [6.07, 6.45) is 2.17. The van der Waals surface area contributed by atoms with Crippen molar-refractivity contribution in [2.75, 3.05) is 0 Å². The highest BCUT2D eigenvalue weighted by Crippen LogP contribution is 2.30. The minimum atomic E-state index is 0.113. The van der Waals surface area contributed by atoms with Crippen molar-refractivity contribution in [3.8, 4) is 0 Å². The Hall–Kier alpha value is -1.83. The third-order valence-electron chi connectivity index (χ3n) is 3.40. The van der Waals surface area contributed by atoms with Crippen molar-refractivity contribution in [2.45, 2.75) is 26.2 Å². The lowest BCUT2D eigenvalue weighted by Gasteiger charge is -2.14. The zero-order chi connectivity index (χ0) is 12.9. The molecular weight excluding hydrogens is 222 g/mol. The van der Waals surface area contributed by atoms with E-state index in [1.54, 1.807) is 0 Å². The lowest BCUT2D eigenvalue weighted by atomic mass is 9.91. The van der Waals surface area contributed by atoms with E-state index in [1.165, 1.54) is 16.5 Å². The van der Waals surface area contributed by atoms with E-state index < -0.39 is 0 Å². The van der Waals surface area contributed by atoms with Gasteiger partial charge in [-0.25, -0.2) is 4.57 Å². The first-order chi connectivity index (χ1) is 8.47. The van der Waals surface area contributed by atoms with Crippen LogP contribution in [0.2, 0.25) is 0 Å². The van der Waals surface area contributed by atoms with E-state index >= 15 is 0 Å². The van der Waals surface area contributed by atoms with E-state index in [2.05, 4.69) is 56.8 Å². The summed E-state index contributed by atoms with van der Waals surface area (Å²) in [5.41, 5.74) is 3.31. The molecule has 0 spiro atoms. The van der Waals surface area contributed by atoms with Crippen LogP contribution < -0.4 is 4.57 Å². The molecule has 0 aliphatic heterocycles. The third kappa shape index (κ3) is 1.60. The van der Waals surface area contributed by atoms with Gasteiger partial charge < -0.3 is 4.42 Å². The first-order valence-electron chi connectivity index (χ1n) is 6.28. The van der Waals surface area contributed by atoms with Crippen molar-refractivity contribution < 1.29 is 8.98 Å². The molecule has 0 radical (unpaired) electrons. The second-order valence-electron chi connectivity index (χ2n) is 5.90. The van der Waals surface area contributed by atoms with Gasteiger partial charge in [-0.3, -0.25) is 0 Å². The summed E-state index contributed by atoms with van der Waals surface area (Å²) in [7, 11) is 2.10. The van der Waals surface area contributed by atoms with Crippen molar-refractivity contribution in [2.24, 2.45) is 7.05 Å². The highest BCUT2D eigenvalue weighted by atomic mass is 16.3. The number of furan rings is 1. The molecule has 2 heterocycles. The van der Waals surface area contributed by atoms with Crippen LogP contribution in [0, 0.1) is 0 Å². The third-order valence-corrected chi connectivity index (χ3v) is 3.40. The molecule has 3 rings (SSSR count). The second kappa shape index (κ2) is 3.58. The Morgan fingerprint density at radius 1 is 1.00 bits per heavy atom. The van der Waals surface area contributed by atoms with Gasteiger partial charge in [-0.15, -0.1) is 0 Å². The number of rotatable bonds is 0. The molecule has 0 aliphatic rings. The molecule has 0 saturated carbocycles. The molecule has 2 aromatic heterocycles. The number of fused-ring (bicyclic) bond motifs is 3. The van der Waals surface area contributed by atoms with Crippen LogP contribution in [0.5, 0.6) is 0 Å². The van der Waals surface area contributed by atoms with Crippen molar-refractivity contribution in [3.63, 3.8) is 0 Å². The second-order valence-corrected chi connectivity index (χ2v) is 5.90. The standard InChI is InChI=1S/C16H18NO/c1-16(2,3)15-9-14-12(10-17(15)4)11-7-5-6-8-13(11)18-14/h5-10H,1-4H3/q+1. The molecule has 0 amide bonds. The Kier molecular flexibility index (Phi) is 2.24. The van der Waals surface area contributed by atoms with Gasteiger partial charge >= 0.3 is 0 Å². The summed E-state index contributed by atoms with van der Waals surface area (Å²) >= 11 is 0. The Labute approximate surface area is 107 Å². The van der Waals surface area contributed by atoms with Crippen molar-refractivity contribution in [3.05, 3.63) is 42.2 Å². The predicted octanol–water partition coefficient (Wildman–Crippen LogP) is 3.71. The SMILES string of the molecule is C[n+]1cc2c(cc1C(C)(C)C)oc1ccccc12. The number of para-hydroxylation sites is 1. The van der Waals surface area contributed by atoms with E-state index in [1.807, 2.05) is 12.1 Å². The maximum Gasteiger partial charge on any atom is 0.190 e. The highest BCUT2D eigenvalue weighted by molar-refractivity contribution is 6.04. The fourth-order valence-corrected chi connectivity index (χ4v) is 2.56. The molecule has 0 N–H and O–H groups in total. The maximum absolute atomic E-state index is 5.93. The zero-order valence-electron chi connectivity index (χ0n) is 11.3. The fraction of sp³-hybridized carbons (Fsp3) is 0.312. The number of benzene rings is 1. The van der Waals surface area contributed by atoms with E-state index in [-0.39, 0.29) is 5.41 Å². The van der Waals surface area contributed by atoms with Crippen LogP contribution in [0.1, 0.15) is 26.5 Å². The van der Waals surface area contributed by atoms with Crippen LogP contribution in [0.4, 0.5) is 0 Å². The lowest BCUT2D eigenvalue weighted by Crippen LogP contribution is -2.39. The van der Waals surface area contributed by atoms with Crippen LogP contribution in [0.15, 0.2) is 40.9 Å². The summed E-state index contributed by atoms with van der Waals surface area (Å²) < 4.78 is 8.13. The van der Waals surface area contributed by atoms with Gasteiger partial charge in [0.2, 0.25) is 0 Å². The van der Waals surface area contributed by atoms with E-state index in [4.69, 9.17) is 4.42 Å². The minimum absolute atomic E-state index is 0.113. The molecule has 92 valence electrons. The Morgan fingerprint density at radius 2 is 1.72 bits per heavy atom. The van der Waals surface area contributed by atoms with Crippen LogP contribution in [-0.2, 0) is 12.5 Å². The van der Waals surface area contributed by atoms with Crippen LogP contribution in [0.25, 0.3) is 21.9 Å². The summed E-state index contributed by atoms with van der Waals surface area (Å²) in [4.78, 5) is 0. The number of hydrogen-bond donors (Lipinski definition) is 0. The van der Waals surface area contributed by atoms with Gasteiger partial charge in [-0.2, -0.15) is 0 Å². The zero-order valence-corrected chi connectivity index (χ0v) is 11.3. The normalized spacial score (nSPS) is 12.4. The highest BCUT2D eigenvalue weighted by Gasteiger charge is 2.25. The smallest absolute Gasteiger partial charge is 0.190 e. The summed E-state index contributed by atoms with van der Waals surface area (Å²) in [6.45, 7) is 6.66. The minimum Gasteiger partial charge on any atom is -0.456 e. The van der Waals surface area contributed by atoms with Gasteiger partial charge in [-0.1, -0.05) is 39.0 Å². The quantitative estimate of drug-likeness (QED) is 0.547. The fourth-order valence-electron chi connectivity index (χ4n) is 2.56. The molecule has 0 fully saturated rings. The monoisotopic (exact) mass is 240 g/mol. The van der Waals surface area contributed by atoms with E-state index in [0.29, 0.717) is 0 Å². The van der Waals surface area contributed by atoms with Crippen LogP contribution in [0.3, 0.4) is 0 Å². The topological polar surface area (TPSA) is 17.0 Å². The van der Waals surface area contributed by atoms with Crippen molar-refractivity contribution in [1.82, 2.24) is 0 Å². The Bertz CT molecular complexity index is 732. The lowest BCUT2D eigenvalue weighted by molar-refractivity contribution is -0.681. The molecule has 0 aliphatic carbocycles. The van der Waals surface area contributed by atoms with E-state index in [9.17, 15) is 0 Å². The van der Waals surface area contributed by atoms with Gasteiger partial charge in [0.15, 0.2) is 11.9 Å². The van der Waals surface area contributed by atoms with Crippen molar-refractivity contribution >= 4 is 21.9 Å². The van der Waals surface area contributed by atoms with Gasteiger partial charge in [0, 0.05) is 16.9 Å². The average molecular weight is 240 g/mol. The number of hydrogen-bond acceptors (Lipinski definition) is 1. The molecule has 0 unspecified atom stereocenters. The molecule has 0 saturated heterocycles. The molecule has 1 aromatic carbocycles. The Morgan fingerprint density at radius 3 is 2.44 bits per heavy atom. The number of aromatic nitrogens is 1. The number of aryl methyl sites for hydroxylation is 1. The first kappa shape index (κ1) is 11.3. The van der Waals surface area contributed by atoms with Gasteiger partial charge in [0.05, 0.1) is 5.39 Å². The largest absolute Gasteiger partial charge is 0.456 e. The average Bonchev–Trinajstić information content (AvgIpc) is 2.65. The van der Waals surface area contributed by atoms with Crippen LogP contribution in [-0.4, -0.2) is 0 Å². The van der Waals surface area contributed by atoms with Gasteiger partial charge in [-0.05, 0) is 6.07 Å². The molecule has 3 aromatic rings. The molecule has 2 heteroatoms. The summed E-state index contributed by atoms with van der Waals surface area (Å²) in [5, 5.41) is 2.37. The van der Waals surface area contributed by atoms with Crippen LogP contribution >= 0.6 is 0 Å². The molecule has 2 nitrogen and oxygen atoms in total. The number of pyridine rings is 1. The molecular formula is C16H18NO+.